The molecule has 0 aliphatic heterocycles. The second kappa shape index (κ2) is 4.32. The molecule has 1 aromatic rings. The lowest BCUT2D eigenvalue weighted by atomic mass is 10.2. The average molecular weight is 222 g/mol. The van der Waals surface area contributed by atoms with Gasteiger partial charge in [-0.15, -0.1) is 0 Å². The van der Waals surface area contributed by atoms with Gasteiger partial charge in [-0.3, -0.25) is 4.79 Å². The Hall–Kier alpha value is -1.23. The number of methoxy groups -OCH3 is 1. The van der Waals surface area contributed by atoms with Gasteiger partial charge in [-0.2, -0.15) is 0 Å². The van der Waals surface area contributed by atoms with Gasteiger partial charge in [0.1, 0.15) is 5.69 Å². The van der Waals surface area contributed by atoms with E-state index in [-0.39, 0.29) is 16.5 Å². The summed E-state index contributed by atoms with van der Waals surface area (Å²) in [6, 6.07) is 0.947. The van der Waals surface area contributed by atoms with E-state index in [1.807, 2.05) is 0 Å². The van der Waals surface area contributed by atoms with Gasteiger partial charge in [-0.05, 0) is 6.07 Å². The molecule has 1 aromatic heterocycles. The molecule has 76 valence electrons. The molecule has 0 aliphatic carbocycles. The predicted molar refractivity (Wildman–Crippen MR) is 46.1 cm³/mol. The molecular weight excluding hydrogens is 216 g/mol. The van der Waals surface area contributed by atoms with Crippen LogP contribution in [0.15, 0.2) is 6.07 Å². The van der Waals surface area contributed by atoms with Crippen molar-refractivity contribution in [3.05, 3.63) is 22.5 Å². The van der Waals surface area contributed by atoms with Crippen LogP contribution in [-0.2, 0) is 0 Å². The van der Waals surface area contributed by atoms with Crippen molar-refractivity contribution in [2.24, 2.45) is 0 Å². The third kappa shape index (κ3) is 1.98. The zero-order valence-corrected chi connectivity index (χ0v) is 7.89. The summed E-state index contributed by atoms with van der Waals surface area (Å²) in [6.45, 7) is 0. The molecule has 0 radical (unpaired) electrons. The molecule has 0 aliphatic rings. The van der Waals surface area contributed by atoms with Gasteiger partial charge in [0.05, 0.1) is 12.7 Å². The second-order valence-corrected chi connectivity index (χ2v) is 2.74. The molecule has 14 heavy (non-hydrogen) atoms. The van der Waals surface area contributed by atoms with Crippen LogP contribution in [0.25, 0.3) is 0 Å². The lowest BCUT2D eigenvalue weighted by molar-refractivity contribution is 0.111. The summed E-state index contributed by atoms with van der Waals surface area (Å²) < 4.78 is 29.2. The maximum Gasteiger partial charge on any atom is 0.280 e. The van der Waals surface area contributed by atoms with Gasteiger partial charge in [0.25, 0.3) is 6.43 Å². The third-order valence-corrected chi connectivity index (χ3v) is 1.79. The van der Waals surface area contributed by atoms with E-state index >= 15 is 0 Å². The summed E-state index contributed by atoms with van der Waals surface area (Å²) in [4.78, 5) is 13.9. The first-order valence-electron chi connectivity index (χ1n) is 3.58. The van der Waals surface area contributed by atoms with E-state index in [4.69, 9.17) is 16.3 Å². The van der Waals surface area contributed by atoms with Gasteiger partial charge in [0.15, 0.2) is 17.2 Å². The molecule has 0 aromatic carbocycles. The number of pyridine rings is 1. The SMILES string of the molecule is COc1c(C=O)cc(C(F)F)nc1Cl. The Labute approximate surface area is 83.7 Å². The molecule has 0 saturated carbocycles. The fraction of sp³-hybridized carbons (Fsp3) is 0.250. The summed E-state index contributed by atoms with van der Waals surface area (Å²) in [6.07, 6.45) is -2.38. The topological polar surface area (TPSA) is 39.2 Å². The highest BCUT2D eigenvalue weighted by atomic mass is 35.5. The number of aromatic nitrogens is 1. The van der Waals surface area contributed by atoms with Crippen molar-refractivity contribution in [1.29, 1.82) is 0 Å². The van der Waals surface area contributed by atoms with Gasteiger partial charge < -0.3 is 4.74 Å². The van der Waals surface area contributed by atoms with Crippen molar-refractivity contribution in [2.75, 3.05) is 7.11 Å². The van der Waals surface area contributed by atoms with Crippen molar-refractivity contribution < 1.29 is 18.3 Å². The maximum absolute atomic E-state index is 12.2. The first-order valence-corrected chi connectivity index (χ1v) is 3.95. The van der Waals surface area contributed by atoms with Crippen LogP contribution in [0.3, 0.4) is 0 Å². The van der Waals surface area contributed by atoms with Crippen LogP contribution in [0, 0.1) is 0 Å². The Bertz CT molecular complexity index is 357. The number of rotatable bonds is 3. The molecular formula is C8H6ClF2NO2. The minimum Gasteiger partial charge on any atom is -0.493 e. The molecule has 0 atom stereocenters. The Kier molecular flexibility index (Phi) is 3.35. The Morgan fingerprint density at radius 3 is 2.71 bits per heavy atom. The van der Waals surface area contributed by atoms with Crippen molar-refractivity contribution >= 4 is 17.9 Å². The summed E-state index contributed by atoms with van der Waals surface area (Å²) in [7, 11) is 1.28. The van der Waals surface area contributed by atoms with Crippen LogP contribution in [0.5, 0.6) is 5.75 Å². The normalized spacial score (nSPS) is 10.4. The summed E-state index contributed by atoms with van der Waals surface area (Å²) >= 11 is 5.53. The summed E-state index contributed by atoms with van der Waals surface area (Å²) in [5.41, 5.74) is -0.583. The largest absolute Gasteiger partial charge is 0.493 e. The second-order valence-electron chi connectivity index (χ2n) is 2.38. The van der Waals surface area contributed by atoms with E-state index in [2.05, 4.69) is 4.98 Å². The zero-order valence-electron chi connectivity index (χ0n) is 7.13. The van der Waals surface area contributed by atoms with E-state index in [0.717, 1.165) is 6.07 Å². The van der Waals surface area contributed by atoms with Crippen LogP contribution < -0.4 is 4.74 Å². The number of alkyl halides is 2. The molecule has 0 spiro atoms. The highest BCUT2D eigenvalue weighted by Crippen LogP contribution is 2.29. The van der Waals surface area contributed by atoms with Crippen molar-refractivity contribution in [3.8, 4) is 5.75 Å². The molecule has 0 amide bonds. The quantitative estimate of drug-likeness (QED) is 0.582. The van der Waals surface area contributed by atoms with Crippen LogP contribution in [-0.4, -0.2) is 18.4 Å². The van der Waals surface area contributed by atoms with E-state index in [0.29, 0.717) is 6.29 Å². The summed E-state index contributed by atoms with van der Waals surface area (Å²) in [5.74, 6) is 0.00562. The monoisotopic (exact) mass is 221 g/mol. The smallest absolute Gasteiger partial charge is 0.280 e. The minimum absolute atomic E-state index is 0.00562. The number of hydrogen-bond acceptors (Lipinski definition) is 3. The lowest BCUT2D eigenvalue weighted by Crippen LogP contribution is -1.98. The van der Waals surface area contributed by atoms with Gasteiger partial charge in [0.2, 0.25) is 0 Å². The fourth-order valence-electron chi connectivity index (χ4n) is 0.942. The van der Waals surface area contributed by atoms with E-state index < -0.39 is 12.1 Å². The molecule has 3 nitrogen and oxygen atoms in total. The zero-order chi connectivity index (χ0) is 10.7. The number of carbonyl (C=O) groups is 1. The van der Waals surface area contributed by atoms with E-state index in [1.165, 1.54) is 7.11 Å². The predicted octanol–water partition coefficient (Wildman–Crippen LogP) is 2.49. The molecule has 0 bridgehead atoms. The lowest BCUT2D eigenvalue weighted by Gasteiger charge is -2.07. The number of hydrogen-bond donors (Lipinski definition) is 0. The number of halogens is 3. The molecule has 0 saturated heterocycles. The third-order valence-electron chi connectivity index (χ3n) is 1.53. The Morgan fingerprint density at radius 2 is 2.29 bits per heavy atom. The molecule has 1 heterocycles. The standard InChI is InChI=1S/C8H6ClF2NO2/c1-14-6-4(3-13)2-5(8(10)11)12-7(6)9/h2-3,8H,1H3. The molecule has 1 rings (SSSR count). The minimum atomic E-state index is -2.77. The first-order chi connectivity index (χ1) is 6.60. The van der Waals surface area contributed by atoms with Gasteiger partial charge in [0, 0.05) is 0 Å². The fourth-order valence-corrected chi connectivity index (χ4v) is 1.23. The summed E-state index contributed by atoms with van der Waals surface area (Å²) in [5, 5.41) is -0.243. The van der Waals surface area contributed by atoms with Crippen LogP contribution >= 0.6 is 11.6 Å². The first kappa shape index (κ1) is 10.8. The average Bonchev–Trinajstić information content (AvgIpc) is 2.16. The molecule has 0 fully saturated rings. The van der Waals surface area contributed by atoms with Crippen molar-refractivity contribution in [2.45, 2.75) is 6.43 Å². The highest BCUT2D eigenvalue weighted by Gasteiger charge is 2.16. The van der Waals surface area contributed by atoms with Crippen molar-refractivity contribution in [1.82, 2.24) is 4.98 Å². The van der Waals surface area contributed by atoms with E-state index in [9.17, 15) is 13.6 Å². The van der Waals surface area contributed by atoms with Crippen molar-refractivity contribution in [3.63, 3.8) is 0 Å². The molecule has 0 unspecified atom stereocenters. The van der Waals surface area contributed by atoms with Gasteiger partial charge in [-0.1, -0.05) is 11.6 Å². The van der Waals surface area contributed by atoms with Crippen LogP contribution in [0.4, 0.5) is 8.78 Å². The van der Waals surface area contributed by atoms with Gasteiger partial charge >= 0.3 is 0 Å². The van der Waals surface area contributed by atoms with E-state index in [1.54, 1.807) is 0 Å². The van der Waals surface area contributed by atoms with Crippen LogP contribution in [0.2, 0.25) is 5.15 Å². The number of nitrogens with zero attached hydrogens (tertiary/aromatic N) is 1. The Morgan fingerprint density at radius 1 is 1.64 bits per heavy atom. The number of carbonyl (C=O) groups excluding carboxylic acids is 1. The molecule has 6 heteroatoms. The maximum atomic E-state index is 12.2. The van der Waals surface area contributed by atoms with Crippen LogP contribution in [0.1, 0.15) is 22.5 Å². The highest BCUT2D eigenvalue weighted by molar-refractivity contribution is 6.31. The number of ether oxygens (including phenoxy) is 1. The van der Waals surface area contributed by atoms with Gasteiger partial charge in [-0.25, -0.2) is 13.8 Å². The molecule has 0 N–H and O–H groups in total. The number of aldehydes is 1. The Balaban J connectivity index is 3.31.